The lowest BCUT2D eigenvalue weighted by molar-refractivity contribution is 0.0730. The molecule has 174 valence electrons. The minimum Gasteiger partial charge on any atom is -0.379 e. The quantitative estimate of drug-likeness (QED) is 0.562. The number of pyridine rings is 1. The Morgan fingerprint density at radius 1 is 0.879 bits per heavy atom. The van der Waals surface area contributed by atoms with Crippen LogP contribution >= 0.6 is 11.6 Å². The van der Waals surface area contributed by atoms with Gasteiger partial charge in [0.1, 0.15) is 5.82 Å². The Bertz CT molecular complexity index is 1270. The first-order chi connectivity index (χ1) is 15.9. The lowest BCUT2D eigenvalue weighted by Crippen LogP contribution is -2.47. The Balaban J connectivity index is 1.32. The van der Waals surface area contributed by atoms with Crippen LogP contribution in [0.15, 0.2) is 53.4 Å². The number of piperazine rings is 1. The number of hydrogen-bond donors (Lipinski definition) is 0. The van der Waals surface area contributed by atoms with Crippen LogP contribution in [0.4, 0.5) is 11.5 Å². The minimum atomic E-state index is -3.52. The molecule has 1 aromatic heterocycles. The van der Waals surface area contributed by atoms with Crippen LogP contribution < -0.4 is 9.80 Å². The maximum atomic E-state index is 13.0. The number of halogens is 1. The van der Waals surface area contributed by atoms with Crippen molar-refractivity contribution in [1.82, 2.24) is 9.29 Å². The second-order valence-electron chi connectivity index (χ2n) is 8.45. The number of sulfonamides is 1. The van der Waals surface area contributed by atoms with Crippen molar-refractivity contribution >= 4 is 44.0 Å². The molecule has 2 saturated heterocycles. The maximum Gasteiger partial charge on any atom is 0.243 e. The number of rotatable bonds is 4. The van der Waals surface area contributed by atoms with Gasteiger partial charge in [-0.3, -0.25) is 0 Å². The molecule has 5 rings (SSSR count). The Labute approximate surface area is 199 Å². The summed E-state index contributed by atoms with van der Waals surface area (Å²) in [6, 6.07) is 15.1. The third kappa shape index (κ3) is 4.53. The zero-order chi connectivity index (χ0) is 23.0. The Morgan fingerprint density at radius 2 is 1.61 bits per heavy atom. The van der Waals surface area contributed by atoms with Crippen LogP contribution in [-0.4, -0.2) is 70.2 Å². The summed E-state index contributed by atoms with van der Waals surface area (Å²) in [5, 5.41) is 1.57. The summed E-state index contributed by atoms with van der Waals surface area (Å²) in [5.74, 6) is 0.911. The zero-order valence-corrected chi connectivity index (χ0v) is 20.1. The van der Waals surface area contributed by atoms with Gasteiger partial charge in [0.2, 0.25) is 10.0 Å². The average molecular weight is 487 g/mol. The van der Waals surface area contributed by atoms with Crippen molar-refractivity contribution in [3.05, 3.63) is 59.1 Å². The molecule has 7 nitrogen and oxygen atoms in total. The number of anilines is 2. The standard InChI is InChI=1S/C24H27ClN4O3S/c1-18-2-4-20(25)17-23(18)27-8-10-28(11-9-27)24-7-3-19-16-21(5-6-22(19)26-24)33(30,31)29-12-14-32-15-13-29/h2-7,16-17H,8-15H2,1H3. The molecule has 9 heteroatoms. The molecule has 0 atom stereocenters. The van der Waals surface area contributed by atoms with Crippen LogP contribution in [0.5, 0.6) is 0 Å². The second kappa shape index (κ2) is 9.10. The summed E-state index contributed by atoms with van der Waals surface area (Å²) in [4.78, 5) is 9.76. The third-order valence-corrected chi connectivity index (χ3v) is 8.50. The van der Waals surface area contributed by atoms with E-state index in [1.54, 1.807) is 18.2 Å². The highest BCUT2D eigenvalue weighted by Gasteiger charge is 2.26. The van der Waals surface area contributed by atoms with Crippen molar-refractivity contribution in [2.24, 2.45) is 0 Å². The number of aromatic nitrogens is 1. The molecule has 2 aromatic carbocycles. The van der Waals surface area contributed by atoms with Gasteiger partial charge >= 0.3 is 0 Å². The van der Waals surface area contributed by atoms with Gasteiger partial charge in [-0.05, 0) is 55.0 Å². The number of morpholine rings is 1. The molecule has 0 spiro atoms. The summed E-state index contributed by atoms with van der Waals surface area (Å²) >= 11 is 6.21. The second-order valence-corrected chi connectivity index (χ2v) is 10.8. The Morgan fingerprint density at radius 3 is 2.36 bits per heavy atom. The minimum absolute atomic E-state index is 0.303. The largest absolute Gasteiger partial charge is 0.379 e. The highest BCUT2D eigenvalue weighted by molar-refractivity contribution is 7.89. The molecule has 0 N–H and O–H groups in total. The number of aryl methyl sites for hydroxylation is 1. The number of benzene rings is 2. The molecule has 3 aromatic rings. The molecule has 0 amide bonds. The van der Waals surface area contributed by atoms with Crippen molar-refractivity contribution in [3.8, 4) is 0 Å². The fourth-order valence-electron chi connectivity index (χ4n) is 4.47. The van der Waals surface area contributed by atoms with E-state index >= 15 is 0 Å². The van der Waals surface area contributed by atoms with Gasteiger partial charge in [-0.1, -0.05) is 17.7 Å². The van der Waals surface area contributed by atoms with E-state index in [2.05, 4.69) is 22.8 Å². The predicted octanol–water partition coefficient (Wildman–Crippen LogP) is 3.54. The maximum absolute atomic E-state index is 13.0. The third-order valence-electron chi connectivity index (χ3n) is 6.37. The van der Waals surface area contributed by atoms with Crippen LogP contribution in [0.25, 0.3) is 10.9 Å². The van der Waals surface area contributed by atoms with E-state index in [1.165, 1.54) is 15.6 Å². The van der Waals surface area contributed by atoms with Crippen molar-refractivity contribution in [2.45, 2.75) is 11.8 Å². The number of hydrogen-bond acceptors (Lipinski definition) is 6. The van der Waals surface area contributed by atoms with Crippen molar-refractivity contribution in [3.63, 3.8) is 0 Å². The predicted molar refractivity (Wildman–Crippen MR) is 132 cm³/mol. The zero-order valence-electron chi connectivity index (χ0n) is 18.6. The molecule has 0 saturated carbocycles. The van der Waals surface area contributed by atoms with Crippen LogP contribution in [0.1, 0.15) is 5.56 Å². The van der Waals surface area contributed by atoms with Crippen LogP contribution in [0.3, 0.4) is 0 Å². The molecule has 33 heavy (non-hydrogen) atoms. The molecular weight excluding hydrogens is 460 g/mol. The van der Waals surface area contributed by atoms with Crippen LogP contribution in [0, 0.1) is 6.92 Å². The summed E-state index contributed by atoms with van der Waals surface area (Å²) < 4.78 is 32.7. The fourth-order valence-corrected chi connectivity index (χ4v) is 6.08. The Kier molecular flexibility index (Phi) is 6.18. The number of ether oxygens (including phenoxy) is 1. The summed E-state index contributed by atoms with van der Waals surface area (Å²) in [6.07, 6.45) is 0. The van der Waals surface area contributed by atoms with Crippen molar-refractivity contribution < 1.29 is 13.2 Å². The van der Waals surface area contributed by atoms with Crippen molar-refractivity contribution in [2.75, 3.05) is 62.3 Å². The molecule has 0 bridgehead atoms. The lowest BCUT2D eigenvalue weighted by atomic mass is 10.1. The Hall–Kier alpha value is -2.39. The van der Waals surface area contributed by atoms with E-state index in [0.717, 1.165) is 47.9 Å². The van der Waals surface area contributed by atoms with E-state index in [0.29, 0.717) is 31.2 Å². The van der Waals surface area contributed by atoms with Gasteiger partial charge in [-0.2, -0.15) is 4.31 Å². The van der Waals surface area contributed by atoms with Gasteiger partial charge in [-0.15, -0.1) is 0 Å². The first kappa shape index (κ1) is 22.4. The number of nitrogens with zero attached hydrogens (tertiary/aromatic N) is 4. The van der Waals surface area contributed by atoms with Gasteiger partial charge in [0, 0.05) is 55.4 Å². The normalized spacial score (nSPS) is 18.1. The summed E-state index contributed by atoms with van der Waals surface area (Å²) in [6.45, 7) is 7.23. The molecule has 2 aliphatic heterocycles. The van der Waals surface area contributed by atoms with E-state index in [-0.39, 0.29) is 0 Å². The molecule has 0 aliphatic carbocycles. The molecule has 2 aliphatic rings. The van der Waals surface area contributed by atoms with Crippen LogP contribution in [0.2, 0.25) is 5.02 Å². The lowest BCUT2D eigenvalue weighted by Gasteiger charge is -2.37. The monoisotopic (exact) mass is 486 g/mol. The van der Waals surface area contributed by atoms with E-state index in [9.17, 15) is 8.42 Å². The van der Waals surface area contributed by atoms with Crippen molar-refractivity contribution in [1.29, 1.82) is 0 Å². The molecule has 3 heterocycles. The van der Waals surface area contributed by atoms with E-state index < -0.39 is 10.0 Å². The van der Waals surface area contributed by atoms with Gasteiger partial charge in [-0.25, -0.2) is 13.4 Å². The van der Waals surface area contributed by atoms with Crippen LogP contribution in [-0.2, 0) is 14.8 Å². The highest BCUT2D eigenvalue weighted by Crippen LogP contribution is 2.28. The van der Waals surface area contributed by atoms with Gasteiger partial charge in [0.25, 0.3) is 0 Å². The highest BCUT2D eigenvalue weighted by atomic mass is 35.5. The van der Waals surface area contributed by atoms with Gasteiger partial charge in [0.05, 0.1) is 23.6 Å². The van der Waals surface area contributed by atoms with E-state index in [1.807, 2.05) is 24.3 Å². The SMILES string of the molecule is Cc1ccc(Cl)cc1N1CCN(c2ccc3cc(S(=O)(=O)N4CCOCC4)ccc3n2)CC1. The van der Waals surface area contributed by atoms with Gasteiger partial charge in [0.15, 0.2) is 0 Å². The smallest absolute Gasteiger partial charge is 0.243 e. The molecular formula is C24H27ClN4O3S. The first-order valence-electron chi connectivity index (χ1n) is 11.2. The topological polar surface area (TPSA) is 66.0 Å². The van der Waals surface area contributed by atoms with E-state index in [4.69, 9.17) is 21.3 Å². The summed E-state index contributed by atoms with van der Waals surface area (Å²) in [7, 11) is -3.52. The molecule has 2 fully saturated rings. The molecule has 0 unspecified atom stereocenters. The first-order valence-corrected chi connectivity index (χ1v) is 13.0. The molecule has 0 radical (unpaired) electrons. The number of fused-ring (bicyclic) bond motifs is 1. The fraction of sp³-hybridized carbons (Fsp3) is 0.375. The average Bonchev–Trinajstić information content (AvgIpc) is 2.85. The van der Waals surface area contributed by atoms with Gasteiger partial charge < -0.3 is 14.5 Å². The summed E-state index contributed by atoms with van der Waals surface area (Å²) in [5.41, 5.74) is 3.20.